The normalized spacial score (nSPS) is 10.7. The van der Waals surface area contributed by atoms with Gasteiger partial charge in [0.05, 0.1) is 19.2 Å². The number of rotatable bonds is 7. The zero-order valence-electron chi connectivity index (χ0n) is 15.6. The van der Waals surface area contributed by atoms with E-state index in [0.717, 1.165) is 21.9 Å². The highest BCUT2D eigenvalue weighted by Gasteiger charge is 2.13. The summed E-state index contributed by atoms with van der Waals surface area (Å²) in [6.45, 7) is -0.0753. The van der Waals surface area contributed by atoms with E-state index in [9.17, 15) is 4.79 Å². The summed E-state index contributed by atoms with van der Waals surface area (Å²) < 4.78 is 15.9. The minimum absolute atomic E-state index is 0.0753. The SMILES string of the molecule is COc1ccc(-c2nc(CC(=O)OCc3nnc(-c4ccccc4)o3)cs2)cc1. The zero-order chi connectivity index (χ0) is 20.1. The summed E-state index contributed by atoms with van der Waals surface area (Å²) in [4.78, 5) is 16.6. The Hall–Kier alpha value is -3.52. The summed E-state index contributed by atoms with van der Waals surface area (Å²) >= 11 is 1.47. The van der Waals surface area contributed by atoms with Crippen molar-refractivity contribution in [3.63, 3.8) is 0 Å². The Morgan fingerprint density at radius 3 is 2.59 bits per heavy atom. The van der Waals surface area contributed by atoms with Crippen molar-refractivity contribution in [3.05, 3.63) is 71.6 Å². The Bertz CT molecular complexity index is 1090. The fourth-order valence-electron chi connectivity index (χ4n) is 2.60. The van der Waals surface area contributed by atoms with Gasteiger partial charge in [-0.1, -0.05) is 18.2 Å². The van der Waals surface area contributed by atoms with Gasteiger partial charge in [0, 0.05) is 16.5 Å². The molecule has 0 unspecified atom stereocenters. The van der Waals surface area contributed by atoms with Crippen molar-refractivity contribution in [3.8, 4) is 27.8 Å². The standard InChI is InChI=1S/C21H17N3O4S/c1-26-17-9-7-15(8-10-17)21-22-16(13-29-21)11-19(25)27-12-18-23-24-20(28-18)14-5-3-2-4-6-14/h2-10,13H,11-12H2,1H3. The summed E-state index contributed by atoms with van der Waals surface area (Å²) in [7, 11) is 1.62. The van der Waals surface area contributed by atoms with Gasteiger partial charge in [-0.15, -0.1) is 21.5 Å². The molecule has 0 aliphatic carbocycles. The number of thiazole rings is 1. The Morgan fingerprint density at radius 1 is 1.03 bits per heavy atom. The van der Waals surface area contributed by atoms with E-state index >= 15 is 0 Å². The molecule has 0 atom stereocenters. The number of nitrogens with zero attached hydrogens (tertiary/aromatic N) is 3. The first-order chi connectivity index (χ1) is 14.2. The van der Waals surface area contributed by atoms with E-state index in [2.05, 4.69) is 15.2 Å². The number of methoxy groups -OCH3 is 1. The van der Waals surface area contributed by atoms with Crippen LogP contribution in [0.4, 0.5) is 0 Å². The van der Waals surface area contributed by atoms with Crippen molar-refractivity contribution in [1.82, 2.24) is 15.2 Å². The Morgan fingerprint density at radius 2 is 1.83 bits per heavy atom. The molecule has 4 rings (SSSR count). The van der Waals surface area contributed by atoms with Gasteiger partial charge in [-0.2, -0.15) is 0 Å². The van der Waals surface area contributed by atoms with Gasteiger partial charge in [0.15, 0.2) is 6.61 Å². The highest BCUT2D eigenvalue weighted by molar-refractivity contribution is 7.13. The second-order valence-corrected chi connectivity index (χ2v) is 6.94. The quantitative estimate of drug-likeness (QED) is 0.425. The Balaban J connectivity index is 1.32. The highest BCUT2D eigenvalue weighted by Crippen LogP contribution is 2.26. The third-order valence-corrected chi connectivity index (χ3v) is 5.00. The van der Waals surface area contributed by atoms with Crippen molar-refractivity contribution < 1.29 is 18.7 Å². The van der Waals surface area contributed by atoms with E-state index in [-0.39, 0.29) is 18.9 Å². The molecule has 29 heavy (non-hydrogen) atoms. The smallest absolute Gasteiger partial charge is 0.312 e. The second-order valence-electron chi connectivity index (χ2n) is 6.08. The minimum atomic E-state index is -0.406. The van der Waals surface area contributed by atoms with Gasteiger partial charge in [-0.25, -0.2) is 4.98 Å². The molecule has 7 nitrogen and oxygen atoms in total. The van der Waals surface area contributed by atoms with Gasteiger partial charge in [0.25, 0.3) is 5.89 Å². The molecule has 0 aliphatic rings. The number of hydrogen-bond donors (Lipinski definition) is 0. The number of carbonyl (C=O) groups is 1. The largest absolute Gasteiger partial charge is 0.497 e. The molecule has 4 aromatic rings. The average molecular weight is 407 g/mol. The fourth-order valence-corrected chi connectivity index (χ4v) is 3.43. The fraction of sp³-hybridized carbons (Fsp3) is 0.143. The molecule has 0 radical (unpaired) electrons. The number of aromatic nitrogens is 3. The van der Waals surface area contributed by atoms with Crippen LogP contribution < -0.4 is 4.74 Å². The lowest BCUT2D eigenvalue weighted by atomic mass is 10.2. The monoisotopic (exact) mass is 407 g/mol. The minimum Gasteiger partial charge on any atom is -0.497 e. The lowest BCUT2D eigenvalue weighted by molar-refractivity contribution is -0.144. The summed E-state index contributed by atoms with van der Waals surface area (Å²) in [5.41, 5.74) is 2.43. The summed E-state index contributed by atoms with van der Waals surface area (Å²) in [6, 6.07) is 17.0. The number of carbonyl (C=O) groups excluding carboxylic acids is 1. The summed E-state index contributed by atoms with van der Waals surface area (Å²) in [6.07, 6.45) is 0.0757. The van der Waals surface area contributed by atoms with Gasteiger partial charge >= 0.3 is 5.97 Å². The average Bonchev–Trinajstić information content (AvgIpc) is 3.43. The Labute approximate surface area is 171 Å². The third kappa shape index (κ3) is 4.67. The van der Waals surface area contributed by atoms with Crippen molar-refractivity contribution in [1.29, 1.82) is 0 Å². The molecule has 2 heterocycles. The van der Waals surface area contributed by atoms with Crippen LogP contribution in [0, 0.1) is 0 Å². The number of ether oxygens (including phenoxy) is 2. The molecule has 0 aliphatic heterocycles. The molecular formula is C21H17N3O4S. The number of hydrogen-bond acceptors (Lipinski definition) is 8. The lowest BCUT2D eigenvalue weighted by Gasteiger charge is -2.01. The van der Waals surface area contributed by atoms with Crippen LogP contribution in [0.3, 0.4) is 0 Å². The van der Waals surface area contributed by atoms with Crippen molar-refractivity contribution in [2.24, 2.45) is 0 Å². The summed E-state index contributed by atoms with van der Waals surface area (Å²) in [5.74, 6) is 1.01. The van der Waals surface area contributed by atoms with E-state index in [0.29, 0.717) is 11.6 Å². The predicted molar refractivity (Wildman–Crippen MR) is 107 cm³/mol. The first kappa shape index (κ1) is 18.8. The third-order valence-electron chi connectivity index (χ3n) is 4.06. The van der Waals surface area contributed by atoms with Crippen LogP contribution in [-0.4, -0.2) is 28.3 Å². The molecule has 0 N–H and O–H groups in total. The van der Waals surface area contributed by atoms with Crippen LogP contribution in [0.15, 0.2) is 64.4 Å². The zero-order valence-corrected chi connectivity index (χ0v) is 16.4. The van der Waals surface area contributed by atoms with Crippen LogP contribution in [0.25, 0.3) is 22.0 Å². The molecular weight excluding hydrogens is 390 g/mol. The molecule has 0 saturated heterocycles. The maximum atomic E-state index is 12.1. The molecule has 0 saturated carbocycles. The van der Waals surface area contributed by atoms with Gasteiger partial charge in [0.1, 0.15) is 10.8 Å². The number of benzene rings is 2. The van der Waals surface area contributed by atoms with E-state index in [1.807, 2.05) is 60.0 Å². The van der Waals surface area contributed by atoms with Crippen molar-refractivity contribution >= 4 is 17.3 Å². The Kier molecular flexibility index (Phi) is 5.62. The van der Waals surface area contributed by atoms with E-state index < -0.39 is 5.97 Å². The maximum absolute atomic E-state index is 12.1. The van der Waals surface area contributed by atoms with E-state index in [1.165, 1.54) is 11.3 Å². The molecule has 0 fully saturated rings. The molecule has 0 spiro atoms. The predicted octanol–water partition coefficient (Wildman–Crippen LogP) is 4.15. The van der Waals surface area contributed by atoms with Crippen LogP contribution in [0.2, 0.25) is 0 Å². The van der Waals surface area contributed by atoms with Crippen LogP contribution >= 0.6 is 11.3 Å². The first-order valence-electron chi connectivity index (χ1n) is 8.83. The van der Waals surface area contributed by atoms with Crippen LogP contribution in [-0.2, 0) is 22.6 Å². The van der Waals surface area contributed by atoms with Gasteiger partial charge < -0.3 is 13.9 Å². The van der Waals surface area contributed by atoms with E-state index in [4.69, 9.17) is 13.9 Å². The molecule has 2 aromatic heterocycles. The first-order valence-corrected chi connectivity index (χ1v) is 9.71. The van der Waals surface area contributed by atoms with Crippen molar-refractivity contribution in [2.45, 2.75) is 13.0 Å². The second kappa shape index (κ2) is 8.66. The maximum Gasteiger partial charge on any atom is 0.312 e. The van der Waals surface area contributed by atoms with Gasteiger partial charge in [-0.3, -0.25) is 4.79 Å². The summed E-state index contributed by atoms with van der Waals surface area (Å²) in [5, 5.41) is 10.6. The molecule has 146 valence electrons. The van der Waals surface area contributed by atoms with Crippen LogP contribution in [0.5, 0.6) is 5.75 Å². The molecule has 0 bridgehead atoms. The van der Waals surface area contributed by atoms with E-state index in [1.54, 1.807) is 7.11 Å². The van der Waals surface area contributed by atoms with Crippen LogP contribution in [0.1, 0.15) is 11.6 Å². The molecule has 0 amide bonds. The topological polar surface area (TPSA) is 87.3 Å². The lowest BCUT2D eigenvalue weighted by Crippen LogP contribution is -2.08. The molecule has 8 heteroatoms. The highest BCUT2D eigenvalue weighted by atomic mass is 32.1. The number of esters is 1. The van der Waals surface area contributed by atoms with Crippen molar-refractivity contribution in [2.75, 3.05) is 7.11 Å². The van der Waals surface area contributed by atoms with Gasteiger partial charge in [0.2, 0.25) is 5.89 Å². The molecule has 2 aromatic carbocycles. The van der Waals surface area contributed by atoms with Gasteiger partial charge in [-0.05, 0) is 36.4 Å².